The maximum atomic E-state index is 11.0. The van der Waals surface area contributed by atoms with Crippen LogP contribution in [0.5, 0.6) is 0 Å². The van der Waals surface area contributed by atoms with Crippen molar-refractivity contribution in [2.24, 2.45) is 7.05 Å². The highest BCUT2D eigenvalue weighted by Crippen LogP contribution is 2.29. The third-order valence-electron chi connectivity index (χ3n) is 3.46. The molecule has 1 aromatic carbocycles. The van der Waals surface area contributed by atoms with E-state index in [0.29, 0.717) is 0 Å². The van der Waals surface area contributed by atoms with Crippen molar-refractivity contribution in [1.82, 2.24) is 9.78 Å². The van der Waals surface area contributed by atoms with Crippen molar-refractivity contribution in [1.29, 1.82) is 0 Å². The molecule has 1 aromatic heterocycles. The second-order valence-corrected chi connectivity index (χ2v) is 4.90. The number of hydrogen-bond donors (Lipinski definition) is 1. The summed E-state index contributed by atoms with van der Waals surface area (Å²) in [6.45, 7) is 6.03. The van der Waals surface area contributed by atoms with Gasteiger partial charge in [0.15, 0.2) is 0 Å². The van der Waals surface area contributed by atoms with Crippen LogP contribution in [0, 0.1) is 20.8 Å². The summed E-state index contributed by atoms with van der Waals surface area (Å²) < 4.78 is 1.66. The standard InChI is InChI=1S/C15H18N2O2/c1-9-5-6-12(7-10(9)2)15-11(3)16-17(4)13(15)8-14(18)19/h5-7H,8H2,1-4H3,(H,18,19). The molecule has 2 rings (SSSR count). The van der Waals surface area contributed by atoms with Crippen molar-refractivity contribution in [3.63, 3.8) is 0 Å². The Morgan fingerprint density at radius 3 is 2.53 bits per heavy atom. The highest BCUT2D eigenvalue weighted by Gasteiger charge is 2.17. The normalized spacial score (nSPS) is 10.7. The first kappa shape index (κ1) is 13.3. The Morgan fingerprint density at radius 2 is 1.95 bits per heavy atom. The van der Waals surface area contributed by atoms with E-state index in [9.17, 15) is 4.79 Å². The van der Waals surface area contributed by atoms with Crippen molar-refractivity contribution >= 4 is 5.97 Å². The van der Waals surface area contributed by atoms with Gasteiger partial charge >= 0.3 is 5.97 Å². The Bertz CT molecular complexity index is 642. The molecule has 0 aliphatic carbocycles. The largest absolute Gasteiger partial charge is 0.481 e. The van der Waals surface area contributed by atoms with E-state index in [1.165, 1.54) is 11.1 Å². The molecule has 4 nitrogen and oxygen atoms in total. The average molecular weight is 258 g/mol. The lowest BCUT2D eigenvalue weighted by Crippen LogP contribution is -2.07. The third-order valence-corrected chi connectivity index (χ3v) is 3.46. The number of hydrogen-bond acceptors (Lipinski definition) is 2. The Kier molecular flexibility index (Phi) is 3.42. The number of carboxylic acid groups (broad SMARTS) is 1. The predicted molar refractivity (Wildman–Crippen MR) is 74.2 cm³/mol. The zero-order valence-corrected chi connectivity index (χ0v) is 11.7. The summed E-state index contributed by atoms with van der Waals surface area (Å²) >= 11 is 0. The minimum Gasteiger partial charge on any atom is -0.481 e. The van der Waals surface area contributed by atoms with Crippen LogP contribution in [0.4, 0.5) is 0 Å². The van der Waals surface area contributed by atoms with Crippen molar-refractivity contribution in [2.75, 3.05) is 0 Å². The van der Waals surface area contributed by atoms with Gasteiger partial charge in [-0.25, -0.2) is 0 Å². The summed E-state index contributed by atoms with van der Waals surface area (Å²) in [5.41, 5.74) is 6.00. The number of benzene rings is 1. The molecule has 100 valence electrons. The van der Waals surface area contributed by atoms with Crippen LogP contribution < -0.4 is 0 Å². The number of aryl methyl sites for hydroxylation is 4. The molecule has 0 spiro atoms. The van der Waals surface area contributed by atoms with E-state index in [2.05, 4.69) is 31.1 Å². The van der Waals surface area contributed by atoms with Gasteiger partial charge in [-0.1, -0.05) is 18.2 Å². The summed E-state index contributed by atoms with van der Waals surface area (Å²) in [5.74, 6) is -0.840. The molecule has 1 heterocycles. The van der Waals surface area contributed by atoms with E-state index in [4.69, 9.17) is 5.11 Å². The summed E-state index contributed by atoms with van der Waals surface area (Å²) in [6, 6.07) is 6.17. The van der Waals surface area contributed by atoms with E-state index in [-0.39, 0.29) is 6.42 Å². The SMILES string of the molecule is Cc1ccc(-c2c(C)nn(C)c2CC(=O)O)cc1C. The van der Waals surface area contributed by atoms with Gasteiger partial charge in [0.1, 0.15) is 0 Å². The maximum absolute atomic E-state index is 11.0. The fourth-order valence-electron chi connectivity index (χ4n) is 2.32. The lowest BCUT2D eigenvalue weighted by atomic mass is 9.98. The van der Waals surface area contributed by atoms with E-state index in [0.717, 1.165) is 22.5 Å². The molecule has 0 atom stereocenters. The molecular weight excluding hydrogens is 240 g/mol. The Labute approximate surface area is 112 Å². The molecule has 1 N–H and O–H groups in total. The topological polar surface area (TPSA) is 55.1 Å². The molecule has 19 heavy (non-hydrogen) atoms. The summed E-state index contributed by atoms with van der Waals surface area (Å²) in [4.78, 5) is 11.0. The van der Waals surface area contributed by atoms with Gasteiger partial charge in [0.25, 0.3) is 0 Å². The lowest BCUT2D eigenvalue weighted by molar-refractivity contribution is -0.136. The van der Waals surface area contributed by atoms with Crippen LogP contribution in [0.25, 0.3) is 11.1 Å². The number of aliphatic carboxylic acids is 1. The number of carbonyl (C=O) groups is 1. The van der Waals surface area contributed by atoms with Gasteiger partial charge in [-0.3, -0.25) is 9.48 Å². The van der Waals surface area contributed by atoms with Gasteiger partial charge in [-0.05, 0) is 37.5 Å². The van der Waals surface area contributed by atoms with Crippen LogP contribution in [0.1, 0.15) is 22.5 Å². The summed E-state index contributed by atoms with van der Waals surface area (Å²) in [7, 11) is 1.79. The van der Waals surface area contributed by atoms with Crippen molar-refractivity contribution < 1.29 is 9.90 Å². The number of nitrogens with zero attached hydrogens (tertiary/aromatic N) is 2. The van der Waals surface area contributed by atoms with Crippen LogP contribution in [-0.2, 0) is 18.3 Å². The summed E-state index contributed by atoms with van der Waals surface area (Å²) in [5, 5.41) is 13.4. The first-order chi connectivity index (χ1) is 8.90. The number of rotatable bonds is 3. The van der Waals surface area contributed by atoms with Gasteiger partial charge in [-0.2, -0.15) is 5.10 Å². The molecule has 0 saturated carbocycles. The summed E-state index contributed by atoms with van der Waals surface area (Å²) in [6.07, 6.45) is -0.0143. The second kappa shape index (κ2) is 4.88. The number of carboxylic acids is 1. The Hall–Kier alpha value is -2.10. The molecule has 4 heteroatoms. The highest BCUT2D eigenvalue weighted by molar-refractivity contribution is 5.77. The van der Waals surface area contributed by atoms with Gasteiger partial charge < -0.3 is 5.11 Å². The van der Waals surface area contributed by atoms with Crippen LogP contribution in [0.3, 0.4) is 0 Å². The van der Waals surface area contributed by atoms with E-state index in [1.807, 2.05) is 13.0 Å². The van der Waals surface area contributed by atoms with Crippen molar-refractivity contribution in [3.05, 3.63) is 40.7 Å². The van der Waals surface area contributed by atoms with Crippen LogP contribution in [0.15, 0.2) is 18.2 Å². The molecule has 0 aliphatic rings. The molecule has 0 radical (unpaired) electrons. The highest BCUT2D eigenvalue weighted by atomic mass is 16.4. The fraction of sp³-hybridized carbons (Fsp3) is 0.333. The minimum atomic E-state index is -0.840. The molecule has 0 amide bonds. The van der Waals surface area contributed by atoms with Crippen LogP contribution in [0.2, 0.25) is 0 Å². The molecule has 0 unspecified atom stereocenters. The molecule has 0 bridgehead atoms. The zero-order chi connectivity index (χ0) is 14.2. The quantitative estimate of drug-likeness (QED) is 0.920. The Morgan fingerprint density at radius 1 is 1.26 bits per heavy atom. The van der Waals surface area contributed by atoms with E-state index < -0.39 is 5.97 Å². The monoisotopic (exact) mass is 258 g/mol. The van der Waals surface area contributed by atoms with Crippen LogP contribution in [-0.4, -0.2) is 20.9 Å². The first-order valence-corrected chi connectivity index (χ1v) is 6.22. The second-order valence-electron chi connectivity index (χ2n) is 4.90. The molecule has 0 fully saturated rings. The third kappa shape index (κ3) is 2.52. The van der Waals surface area contributed by atoms with E-state index >= 15 is 0 Å². The Balaban J connectivity index is 2.60. The molecular formula is C15H18N2O2. The van der Waals surface area contributed by atoms with E-state index in [1.54, 1.807) is 11.7 Å². The van der Waals surface area contributed by atoms with Crippen molar-refractivity contribution in [3.8, 4) is 11.1 Å². The lowest BCUT2D eigenvalue weighted by Gasteiger charge is -2.07. The molecule has 0 saturated heterocycles. The molecule has 2 aromatic rings. The number of aromatic nitrogens is 2. The fourth-order valence-corrected chi connectivity index (χ4v) is 2.32. The van der Waals surface area contributed by atoms with Crippen LogP contribution >= 0.6 is 0 Å². The van der Waals surface area contributed by atoms with Gasteiger partial charge in [-0.15, -0.1) is 0 Å². The van der Waals surface area contributed by atoms with Crippen molar-refractivity contribution in [2.45, 2.75) is 27.2 Å². The smallest absolute Gasteiger partial charge is 0.309 e. The van der Waals surface area contributed by atoms with Gasteiger partial charge in [0.2, 0.25) is 0 Å². The molecule has 0 aliphatic heterocycles. The zero-order valence-electron chi connectivity index (χ0n) is 11.7. The first-order valence-electron chi connectivity index (χ1n) is 6.22. The minimum absolute atomic E-state index is 0.0143. The van der Waals surface area contributed by atoms with Gasteiger partial charge in [0.05, 0.1) is 17.8 Å². The average Bonchev–Trinajstić information content (AvgIpc) is 2.57. The van der Waals surface area contributed by atoms with Gasteiger partial charge in [0, 0.05) is 12.6 Å². The predicted octanol–water partition coefficient (Wildman–Crippen LogP) is 2.64. The maximum Gasteiger partial charge on any atom is 0.309 e.